The second kappa shape index (κ2) is 6.29. The summed E-state index contributed by atoms with van der Waals surface area (Å²) in [6.07, 6.45) is 2.27. The molecular formula is C22H19N3S. The SMILES string of the molecule is CCCCN1c2nc3ccccc3cc2Sc2cc3ccccc3nc21. The lowest BCUT2D eigenvalue weighted by Gasteiger charge is -2.31. The quantitative estimate of drug-likeness (QED) is 0.437. The fourth-order valence-electron chi connectivity index (χ4n) is 3.46. The molecule has 128 valence electrons. The highest BCUT2D eigenvalue weighted by Gasteiger charge is 2.26. The Hall–Kier alpha value is -2.59. The third kappa shape index (κ3) is 2.53. The summed E-state index contributed by atoms with van der Waals surface area (Å²) in [4.78, 5) is 14.7. The van der Waals surface area contributed by atoms with Crippen molar-refractivity contribution in [1.29, 1.82) is 0 Å². The first-order chi connectivity index (χ1) is 12.8. The topological polar surface area (TPSA) is 29.0 Å². The molecule has 0 spiro atoms. The smallest absolute Gasteiger partial charge is 0.149 e. The van der Waals surface area contributed by atoms with E-state index in [9.17, 15) is 0 Å². The first-order valence-corrected chi connectivity index (χ1v) is 9.90. The van der Waals surface area contributed by atoms with Gasteiger partial charge in [0.25, 0.3) is 0 Å². The molecule has 0 N–H and O–H groups in total. The summed E-state index contributed by atoms with van der Waals surface area (Å²) in [5.41, 5.74) is 2.08. The molecule has 0 radical (unpaired) electrons. The van der Waals surface area contributed by atoms with Gasteiger partial charge >= 0.3 is 0 Å². The molecule has 0 fully saturated rings. The van der Waals surface area contributed by atoms with Crippen LogP contribution in [0.1, 0.15) is 19.8 Å². The predicted octanol–water partition coefficient (Wildman–Crippen LogP) is 6.19. The third-order valence-electron chi connectivity index (χ3n) is 4.81. The van der Waals surface area contributed by atoms with E-state index in [0.717, 1.165) is 42.1 Å². The Labute approximate surface area is 157 Å². The van der Waals surface area contributed by atoms with Gasteiger partial charge in [-0.2, -0.15) is 0 Å². The van der Waals surface area contributed by atoms with Gasteiger partial charge in [0.2, 0.25) is 0 Å². The number of para-hydroxylation sites is 2. The lowest BCUT2D eigenvalue weighted by atomic mass is 10.2. The van der Waals surface area contributed by atoms with Crippen molar-refractivity contribution in [3.8, 4) is 0 Å². The molecule has 0 saturated heterocycles. The van der Waals surface area contributed by atoms with Crippen LogP contribution in [0.2, 0.25) is 0 Å². The average molecular weight is 357 g/mol. The summed E-state index contributed by atoms with van der Waals surface area (Å²) in [6, 6.07) is 21.2. The number of pyridine rings is 2. The van der Waals surface area contributed by atoms with Gasteiger partial charge in [0.05, 0.1) is 20.8 Å². The van der Waals surface area contributed by atoms with Crippen LogP contribution < -0.4 is 4.90 Å². The lowest BCUT2D eigenvalue weighted by Crippen LogP contribution is -2.24. The molecule has 0 amide bonds. The maximum absolute atomic E-state index is 4.99. The van der Waals surface area contributed by atoms with Crippen LogP contribution in [0.5, 0.6) is 0 Å². The van der Waals surface area contributed by atoms with Crippen LogP contribution in [0, 0.1) is 0 Å². The van der Waals surface area contributed by atoms with Crippen LogP contribution in [-0.2, 0) is 0 Å². The number of benzene rings is 2. The number of fused-ring (bicyclic) bond motifs is 4. The number of nitrogens with zero attached hydrogens (tertiary/aromatic N) is 3. The zero-order valence-corrected chi connectivity index (χ0v) is 15.5. The molecule has 0 atom stereocenters. The Morgan fingerprint density at radius 3 is 1.88 bits per heavy atom. The van der Waals surface area contributed by atoms with Crippen LogP contribution in [0.25, 0.3) is 21.8 Å². The monoisotopic (exact) mass is 357 g/mol. The molecule has 0 unspecified atom stereocenters. The minimum absolute atomic E-state index is 0.938. The summed E-state index contributed by atoms with van der Waals surface area (Å²) in [5, 5.41) is 2.37. The van der Waals surface area contributed by atoms with E-state index in [1.807, 2.05) is 12.1 Å². The van der Waals surface area contributed by atoms with Crippen molar-refractivity contribution in [2.24, 2.45) is 0 Å². The normalized spacial score (nSPS) is 13.0. The molecular weight excluding hydrogens is 338 g/mol. The highest BCUT2D eigenvalue weighted by molar-refractivity contribution is 7.99. The number of aromatic nitrogens is 2. The largest absolute Gasteiger partial charge is 0.309 e. The lowest BCUT2D eigenvalue weighted by molar-refractivity contribution is 0.763. The van der Waals surface area contributed by atoms with Gasteiger partial charge in [0, 0.05) is 17.3 Å². The second-order valence-electron chi connectivity index (χ2n) is 6.61. The number of unbranched alkanes of at least 4 members (excludes halogenated alkanes) is 1. The van der Waals surface area contributed by atoms with Crippen molar-refractivity contribution in [1.82, 2.24) is 9.97 Å². The first-order valence-electron chi connectivity index (χ1n) is 9.08. The van der Waals surface area contributed by atoms with E-state index in [2.05, 4.69) is 60.4 Å². The average Bonchev–Trinajstić information content (AvgIpc) is 2.68. The molecule has 2 aromatic carbocycles. The Bertz CT molecular complexity index is 1040. The molecule has 2 aromatic heterocycles. The molecule has 4 heteroatoms. The fraction of sp³-hybridized carbons (Fsp3) is 0.182. The van der Waals surface area contributed by atoms with Crippen LogP contribution in [0.4, 0.5) is 11.6 Å². The van der Waals surface area contributed by atoms with Crippen molar-refractivity contribution in [3.63, 3.8) is 0 Å². The summed E-state index contributed by atoms with van der Waals surface area (Å²) < 4.78 is 0. The highest BCUT2D eigenvalue weighted by atomic mass is 32.2. The third-order valence-corrected chi connectivity index (χ3v) is 5.85. The first kappa shape index (κ1) is 15.6. The maximum Gasteiger partial charge on any atom is 0.149 e. The Morgan fingerprint density at radius 2 is 1.35 bits per heavy atom. The molecule has 4 aromatic rings. The standard InChI is InChI=1S/C22H19N3S/c1-2-3-12-25-21-19(13-15-8-4-6-10-17(15)23-21)26-20-14-16-9-5-7-11-18(16)24-22(20)25/h4-11,13-14H,2-3,12H2,1H3. The minimum Gasteiger partial charge on any atom is -0.309 e. The fourth-order valence-corrected chi connectivity index (χ4v) is 4.56. The van der Waals surface area contributed by atoms with E-state index in [-0.39, 0.29) is 0 Å². The number of hydrogen-bond acceptors (Lipinski definition) is 4. The molecule has 1 aliphatic heterocycles. The van der Waals surface area contributed by atoms with Gasteiger partial charge in [0.1, 0.15) is 11.6 Å². The summed E-state index contributed by atoms with van der Waals surface area (Å²) in [7, 11) is 0. The molecule has 3 nitrogen and oxygen atoms in total. The van der Waals surface area contributed by atoms with Gasteiger partial charge < -0.3 is 4.90 Å². The van der Waals surface area contributed by atoms with Crippen molar-refractivity contribution in [2.75, 3.05) is 11.4 Å². The van der Waals surface area contributed by atoms with E-state index in [4.69, 9.17) is 9.97 Å². The second-order valence-corrected chi connectivity index (χ2v) is 7.70. The van der Waals surface area contributed by atoms with Gasteiger partial charge in [-0.3, -0.25) is 0 Å². The van der Waals surface area contributed by atoms with Gasteiger partial charge in [-0.05, 0) is 30.7 Å². The van der Waals surface area contributed by atoms with E-state index < -0.39 is 0 Å². The van der Waals surface area contributed by atoms with Crippen LogP contribution in [0.3, 0.4) is 0 Å². The Balaban J connectivity index is 1.73. The summed E-state index contributed by atoms with van der Waals surface area (Å²) in [6.45, 7) is 3.16. The minimum atomic E-state index is 0.938. The Kier molecular flexibility index (Phi) is 3.79. The maximum atomic E-state index is 4.99. The highest BCUT2D eigenvalue weighted by Crippen LogP contribution is 2.48. The van der Waals surface area contributed by atoms with E-state index in [0.29, 0.717) is 0 Å². The molecule has 0 bridgehead atoms. The molecule has 26 heavy (non-hydrogen) atoms. The van der Waals surface area contributed by atoms with Gasteiger partial charge in [-0.15, -0.1) is 0 Å². The molecule has 0 saturated carbocycles. The van der Waals surface area contributed by atoms with Crippen molar-refractivity contribution in [3.05, 3.63) is 60.7 Å². The van der Waals surface area contributed by atoms with E-state index >= 15 is 0 Å². The molecule has 1 aliphatic rings. The molecule has 3 heterocycles. The molecule has 0 aliphatic carbocycles. The summed E-state index contributed by atoms with van der Waals surface area (Å²) >= 11 is 1.78. The van der Waals surface area contributed by atoms with Gasteiger partial charge in [0.15, 0.2) is 0 Å². The van der Waals surface area contributed by atoms with Crippen LogP contribution in [0.15, 0.2) is 70.5 Å². The zero-order valence-electron chi connectivity index (χ0n) is 14.6. The van der Waals surface area contributed by atoms with E-state index in [1.54, 1.807) is 11.8 Å². The van der Waals surface area contributed by atoms with Crippen molar-refractivity contribution >= 4 is 45.2 Å². The number of anilines is 2. The van der Waals surface area contributed by atoms with Gasteiger partial charge in [-0.1, -0.05) is 61.5 Å². The van der Waals surface area contributed by atoms with Crippen LogP contribution in [-0.4, -0.2) is 16.5 Å². The Morgan fingerprint density at radius 1 is 0.808 bits per heavy atom. The predicted molar refractivity (Wildman–Crippen MR) is 110 cm³/mol. The van der Waals surface area contributed by atoms with Crippen molar-refractivity contribution in [2.45, 2.75) is 29.6 Å². The number of hydrogen-bond donors (Lipinski definition) is 0. The van der Waals surface area contributed by atoms with E-state index in [1.165, 1.54) is 20.6 Å². The van der Waals surface area contributed by atoms with Crippen molar-refractivity contribution < 1.29 is 0 Å². The van der Waals surface area contributed by atoms with Crippen LogP contribution >= 0.6 is 11.8 Å². The zero-order chi connectivity index (χ0) is 17.5. The number of rotatable bonds is 3. The molecule has 5 rings (SSSR count). The van der Waals surface area contributed by atoms with Gasteiger partial charge in [-0.25, -0.2) is 9.97 Å². The summed E-state index contributed by atoms with van der Waals surface area (Å²) in [5.74, 6) is 2.08.